The first-order valence-electron chi connectivity index (χ1n) is 5.03. The molecule has 1 N–H and O–H groups in total. The van der Waals surface area contributed by atoms with Gasteiger partial charge in [0.05, 0.1) is 0 Å². The standard InChI is InChI=1S/C12H11F3O3/c1-8(2-7-11(16)17)9-3-5-10(6-4-9)18-12(13,14)15/h3-6H,1-2,7H2,(H,16,17). The fraction of sp³-hybridized carbons (Fsp3) is 0.250. The van der Waals surface area contributed by atoms with Crippen molar-refractivity contribution in [1.82, 2.24) is 0 Å². The fourth-order valence-corrected chi connectivity index (χ4v) is 1.29. The Kier molecular flexibility index (Phi) is 4.36. The molecule has 1 aromatic carbocycles. The highest BCUT2D eigenvalue weighted by Crippen LogP contribution is 2.25. The van der Waals surface area contributed by atoms with Crippen LogP contribution in [-0.4, -0.2) is 17.4 Å². The molecule has 0 radical (unpaired) electrons. The second kappa shape index (κ2) is 5.57. The molecule has 98 valence electrons. The Hall–Kier alpha value is -1.98. The topological polar surface area (TPSA) is 46.5 Å². The van der Waals surface area contributed by atoms with Crippen LogP contribution in [0.25, 0.3) is 5.57 Å². The molecule has 0 spiro atoms. The van der Waals surface area contributed by atoms with Gasteiger partial charge in [-0.15, -0.1) is 13.2 Å². The number of carboxylic acid groups (broad SMARTS) is 1. The first-order chi connectivity index (χ1) is 8.28. The normalized spacial score (nSPS) is 11.1. The number of aliphatic carboxylic acids is 1. The molecule has 0 fully saturated rings. The summed E-state index contributed by atoms with van der Waals surface area (Å²) in [6.45, 7) is 3.67. The van der Waals surface area contributed by atoms with Crippen LogP contribution in [0.1, 0.15) is 18.4 Å². The molecule has 0 aliphatic heterocycles. The lowest BCUT2D eigenvalue weighted by atomic mass is 10.0. The Bertz CT molecular complexity index is 435. The number of hydrogen-bond donors (Lipinski definition) is 1. The molecule has 0 amide bonds. The van der Waals surface area contributed by atoms with Crippen LogP contribution in [0.2, 0.25) is 0 Å². The predicted octanol–water partition coefficient (Wildman–Crippen LogP) is 3.46. The number of ether oxygens (including phenoxy) is 1. The third-order valence-electron chi connectivity index (χ3n) is 2.14. The molecule has 0 saturated carbocycles. The van der Waals surface area contributed by atoms with E-state index in [-0.39, 0.29) is 18.6 Å². The Morgan fingerprint density at radius 1 is 1.22 bits per heavy atom. The van der Waals surface area contributed by atoms with Crippen molar-refractivity contribution in [1.29, 1.82) is 0 Å². The number of benzene rings is 1. The van der Waals surface area contributed by atoms with Gasteiger partial charge in [-0.2, -0.15) is 0 Å². The smallest absolute Gasteiger partial charge is 0.481 e. The third kappa shape index (κ3) is 4.90. The van der Waals surface area contributed by atoms with Crippen LogP contribution in [0.3, 0.4) is 0 Å². The number of alkyl halides is 3. The first kappa shape index (κ1) is 14.1. The minimum atomic E-state index is -4.72. The van der Waals surface area contributed by atoms with E-state index in [0.717, 1.165) is 12.1 Å². The van der Waals surface area contributed by atoms with Crippen LogP contribution in [0.15, 0.2) is 30.8 Å². The number of allylic oxidation sites excluding steroid dienone is 1. The second-order valence-electron chi connectivity index (χ2n) is 3.57. The maximum Gasteiger partial charge on any atom is 0.573 e. The van der Waals surface area contributed by atoms with Gasteiger partial charge in [-0.05, 0) is 29.7 Å². The summed E-state index contributed by atoms with van der Waals surface area (Å²) in [5.41, 5.74) is 1.14. The summed E-state index contributed by atoms with van der Waals surface area (Å²) in [6.07, 6.45) is -4.55. The molecule has 0 bridgehead atoms. The predicted molar refractivity (Wildman–Crippen MR) is 59.0 cm³/mol. The highest BCUT2D eigenvalue weighted by Gasteiger charge is 2.30. The quantitative estimate of drug-likeness (QED) is 0.881. The molecular formula is C12H11F3O3. The van der Waals surface area contributed by atoms with E-state index in [1.807, 2.05) is 0 Å². The minimum absolute atomic E-state index is 0.0698. The van der Waals surface area contributed by atoms with Gasteiger partial charge in [0.1, 0.15) is 5.75 Å². The molecule has 3 nitrogen and oxygen atoms in total. The van der Waals surface area contributed by atoms with Gasteiger partial charge in [-0.25, -0.2) is 0 Å². The van der Waals surface area contributed by atoms with Crippen LogP contribution < -0.4 is 4.74 Å². The summed E-state index contributed by atoms with van der Waals surface area (Å²) in [7, 11) is 0. The van der Waals surface area contributed by atoms with Crippen molar-refractivity contribution in [2.75, 3.05) is 0 Å². The summed E-state index contributed by atoms with van der Waals surface area (Å²) in [5, 5.41) is 8.49. The van der Waals surface area contributed by atoms with Crippen molar-refractivity contribution in [3.05, 3.63) is 36.4 Å². The molecule has 0 heterocycles. The van der Waals surface area contributed by atoms with Gasteiger partial charge in [0.2, 0.25) is 0 Å². The molecule has 1 rings (SSSR count). The first-order valence-corrected chi connectivity index (χ1v) is 5.03. The second-order valence-corrected chi connectivity index (χ2v) is 3.57. The van der Waals surface area contributed by atoms with Crippen molar-refractivity contribution in [2.24, 2.45) is 0 Å². The van der Waals surface area contributed by atoms with Crippen molar-refractivity contribution in [3.63, 3.8) is 0 Å². The highest BCUT2D eigenvalue weighted by atomic mass is 19.4. The number of carboxylic acids is 1. The number of rotatable bonds is 5. The van der Waals surface area contributed by atoms with Crippen LogP contribution in [0.5, 0.6) is 5.75 Å². The third-order valence-corrected chi connectivity index (χ3v) is 2.14. The molecular weight excluding hydrogens is 249 g/mol. The summed E-state index contributed by atoms with van der Waals surface area (Å²) in [4.78, 5) is 10.4. The van der Waals surface area contributed by atoms with E-state index in [0.29, 0.717) is 11.1 Å². The zero-order valence-electron chi connectivity index (χ0n) is 9.33. The van der Waals surface area contributed by atoms with E-state index < -0.39 is 12.3 Å². The molecule has 0 atom stereocenters. The Balaban J connectivity index is 2.65. The van der Waals surface area contributed by atoms with Gasteiger partial charge < -0.3 is 9.84 Å². The van der Waals surface area contributed by atoms with Crippen LogP contribution in [0, 0.1) is 0 Å². The average Bonchev–Trinajstić information content (AvgIpc) is 2.24. The van der Waals surface area contributed by atoms with Gasteiger partial charge in [0.15, 0.2) is 0 Å². The zero-order chi connectivity index (χ0) is 13.8. The molecule has 0 aliphatic carbocycles. The number of hydrogen-bond acceptors (Lipinski definition) is 2. The van der Waals surface area contributed by atoms with Crippen molar-refractivity contribution >= 4 is 11.5 Å². The zero-order valence-corrected chi connectivity index (χ0v) is 9.33. The van der Waals surface area contributed by atoms with E-state index in [1.165, 1.54) is 12.1 Å². The Labute approximate surface area is 101 Å². The molecule has 0 unspecified atom stereocenters. The number of carbonyl (C=O) groups is 1. The summed E-state index contributed by atoms with van der Waals surface area (Å²) < 4.78 is 39.4. The van der Waals surface area contributed by atoms with Gasteiger partial charge in [0, 0.05) is 6.42 Å². The summed E-state index contributed by atoms with van der Waals surface area (Å²) in [6, 6.07) is 5.14. The largest absolute Gasteiger partial charge is 0.573 e. The van der Waals surface area contributed by atoms with Crippen LogP contribution >= 0.6 is 0 Å². The van der Waals surface area contributed by atoms with Gasteiger partial charge in [-0.1, -0.05) is 18.7 Å². The van der Waals surface area contributed by atoms with E-state index >= 15 is 0 Å². The van der Waals surface area contributed by atoms with E-state index in [2.05, 4.69) is 11.3 Å². The molecule has 0 aromatic heterocycles. The van der Waals surface area contributed by atoms with Gasteiger partial charge in [-0.3, -0.25) is 4.79 Å². The molecule has 1 aromatic rings. The van der Waals surface area contributed by atoms with Crippen molar-refractivity contribution in [3.8, 4) is 5.75 Å². The van der Waals surface area contributed by atoms with Crippen molar-refractivity contribution in [2.45, 2.75) is 19.2 Å². The number of halogens is 3. The van der Waals surface area contributed by atoms with Gasteiger partial charge >= 0.3 is 12.3 Å². The average molecular weight is 260 g/mol. The van der Waals surface area contributed by atoms with Crippen molar-refractivity contribution < 1.29 is 27.8 Å². The lowest BCUT2D eigenvalue weighted by Gasteiger charge is -2.10. The lowest BCUT2D eigenvalue weighted by Crippen LogP contribution is -2.16. The van der Waals surface area contributed by atoms with E-state index in [9.17, 15) is 18.0 Å². The lowest BCUT2D eigenvalue weighted by molar-refractivity contribution is -0.274. The molecule has 18 heavy (non-hydrogen) atoms. The summed E-state index contributed by atoms with van der Waals surface area (Å²) >= 11 is 0. The van der Waals surface area contributed by atoms with E-state index in [1.54, 1.807) is 0 Å². The Morgan fingerprint density at radius 3 is 2.22 bits per heavy atom. The molecule has 0 aliphatic rings. The molecule has 6 heteroatoms. The maximum atomic E-state index is 11.9. The SMILES string of the molecule is C=C(CCC(=O)O)c1ccc(OC(F)(F)F)cc1. The molecule has 0 saturated heterocycles. The maximum absolute atomic E-state index is 11.9. The Morgan fingerprint density at radius 2 is 1.78 bits per heavy atom. The van der Waals surface area contributed by atoms with Gasteiger partial charge in [0.25, 0.3) is 0 Å². The fourth-order valence-electron chi connectivity index (χ4n) is 1.29. The highest BCUT2D eigenvalue weighted by molar-refractivity contribution is 5.72. The van der Waals surface area contributed by atoms with Crippen LogP contribution in [0.4, 0.5) is 13.2 Å². The van der Waals surface area contributed by atoms with Crippen LogP contribution in [-0.2, 0) is 4.79 Å². The monoisotopic (exact) mass is 260 g/mol. The summed E-state index contributed by atoms with van der Waals surface area (Å²) in [5.74, 6) is -1.27. The minimum Gasteiger partial charge on any atom is -0.481 e. The van der Waals surface area contributed by atoms with E-state index in [4.69, 9.17) is 5.11 Å².